The number of aryl methyl sites for hydroxylation is 1. The number of nitrogens with zero attached hydrogens (tertiary/aromatic N) is 4. The monoisotopic (exact) mass is 640 g/mol. The van der Waals surface area contributed by atoms with Crippen molar-refractivity contribution in [2.45, 2.75) is 18.9 Å². The van der Waals surface area contributed by atoms with Crippen LogP contribution in [0.5, 0.6) is 0 Å². The molecule has 50 heavy (non-hydrogen) atoms. The van der Waals surface area contributed by atoms with Gasteiger partial charge in [0.1, 0.15) is 0 Å². The van der Waals surface area contributed by atoms with Gasteiger partial charge in [-0.2, -0.15) is 0 Å². The van der Waals surface area contributed by atoms with Crippen LogP contribution in [0.3, 0.4) is 0 Å². The van der Waals surface area contributed by atoms with Crippen LogP contribution in [-0.4, -0.2) is 19.9 Å². The van der Waals surface area contributed by atoms with E-state index in [2.05, 4.69) is 126 Å². The molecule has 1 radical (unpaired) electrons. The van der Waals surface area contributed by atoms with Crippen LogP contribution >= 0.6 is 0 Å². The topological polar surface area (TPSA) is 63.6 Å². The normalized spacial score (nSPS) is 14.2. The maximum Gasteiger partial charge on any atom is 0.0784 e. The predicted molar refractivity (Wildman–Crippen MR) is 204 cm³/mol. The second kappa shape index (κ2) is 11.6. The summed E-state index contributed by atoms with van der Waals surface area (Å²) in [5.74, 6) is 0. The summed E-state index contributed by atoms with van der Waals surface area (Å²) in [7, 11) is 0. The van der Waals surface area contributed by atoms with Gasteiger partial charge < -0.3 is 5.32 Å². The fourth-order valence-corrected chi connectivity index (χ4v) is 7.48. The summed E-state index contributed by atoms with van der Waals surface area (Å²) in [5, 5.41) is 10.5. The number of fused-ring (bicyclic) bond motifs is 5. The average Bonchev–Trinajstić information content (AvgIpc) is 3.19. The van der Waals surface area contributed by atoms with E-state index in [0.29, 0.717) is 0 Å². The lowest BCUT2D eigenvalue weighted by Crippen LogP contribution is -2.18. The minimum Gasteiger partial charge on any atom is -0.378 e. The van der Waals surface area contributed by atoms with E-state index in [4.69, 9.17) is 15.0 Å². The summed E-state index contributed by atoms with van der Waals surface area (Å²) in [6.07, 6.45) is 7.79. The van der Waals surface area contributed by atoms with Gasteiger partial charge in [-0.15, -0.1) is 0 Å². The Morgan fingerprint density at radius 2 is 1.46 bits per heavy atom. The van der Waals surface area contributed by atoms with Crippen LogP contribution in [-0.2, 0) is 6.42 Å². The second-order valence-electron chi connectivity index (χ2n) is 13.1. The molecule has 0 amide bonds. The van der Waals surface area contributed by atoms with Crippen molar-refractivity contribution >= 4 is 49.0 Å². The molecule has 4 aromatic heterocycles. The highest BCUT2D eigenvalue weighted by molar-refractivity contribution is 6.00. The molecule has 5 nitrogen and oxygen atoms in total. The standard InChI is InChI=1S/C45H30N5/c1-3-7-39-28(5-1)12-16-42(48-39)34-10-9-30-13-17-41(50-44(30)26-34)33-11-15-36-32(23-33)20-22-47-45(36)38-25-35-27-46-21-19-31(35)24-37(38)43-18-14-29-6-2-4-8-40(29)49-43/h2-13,15-17,19-27,43,49H,14,18H2. The predicted octanol–water partition coefficient (Wildman–Crippen LogP) is 10.8. The Labute approximate surface area is 289 Å². The van der Waals surface area contributed by atoms with Gasteiger partial charge in [-0.3, -0.25) is 9.97 Å². The third-order valence-corrected chi connectivity index (χ3v) is 10.1. The quantitative estimate of drug-likeness (QED) is 0.207. The molecule has 0 aliphatic carbocycles. The highest BCUT2D eigenvalue weighted by atomic mass is 14.9. The molecule has 1 N–H and O–H groups in total. The van der Waals surface area contributed by atoms with Crippen LogP contribution in [0, 0.1) is 6.07 Å². The van der Waals surface area contributed by atoms with Crippen molar-refractivity contribution in [3.63, 3.8) is 0 Å². The molecule has 10 rings (SSSR count). The Kier molecular flexibility index (Phi) is 6.62. The largest absolute Gasteiger partial charge is 0.378 e. The summed E-state index contributed by atoms with van der Waals surface area (Å²) >= 11 is 0. The number of hydrogen-bond donors (Lipinski definition) is 1. The van der Waals surface area contributed by atoms with Gasteiger partial charge >= 0.3 is 0 Å². The second-order valence-corrected chi connectivity index (χ2v) is 13.1. The first-order chi connectivity index (χ1) is 24.7. The summed E-state index contributed by atoms with van der Waals surface area (Å²) in [5.41, 5.74) is 11.8. The van der Waals surface area contributed by atoms with E-state index >= 15 is 0 Å². The zero-order valence-electron chi connectivity index (χ0n) is 27.1. The summed E-state index contributed by atoms with van der Waals surface area (Å²) in [6.45, 7) is 0. The molecule has 5 heterocycles. The lowest BCUT2D eigenvalue weighted by molar-refractivity contribution is 0.669. The lowest BCUT2D eigenvalue weighted by atomic mass is 9.87. The first-order valence-electron chi connectivity index (χ1n) is 17.0. The van der Waals surface area contributed by atoms with E-state index < -0.39 is 0 Å². The molecule has 0 bridgehead atoms. The number of nitrogens with one attached hydrogen (secondary N) is 1. The average molecular weight is 641 g/mol. The summed E-state index contributed by atoms with van der Waals surface area (Å²) in [6, 6.07) is 48.0. The van der Waals surface area contributed by atoms with Gasteiger partial charge in [0.05, 0.1) is 34.2 Å². The Morgan fingerprint density at radius 3 is 2.42 bits per heavy atom. The third kappa shape index (κ3) is 4.94. The Bertz CT molecular complexity index is 2770. The van der Waals surface area contributed by atoms with E-state index in [9.17, 15) is 0 Å². The van der Waals surface area contributed by atoms with Gasteiger partial charge in [0.2, 0.25) is 0 Å². The molecule has 5 heteroatoms. The first-order valence-corrected chi connectivity index (χ1v) is 17.0. The maximum absolute atomic E-state index is 5.15. The van der Waals surface area contributed by atoms with Gasteiger partial charge in [0.25, 0.3) is 0 Å². The van der Waals surface area contributed by atoms with E-state index in [-0.39, 0.29) is 6.04 Å². The maximum atomic E-state index is 5.15. The Hall–Kier alpha value is -6.46. The number of para-hydroxylation sites is 1. The molecular formula is C45H30N5. The van der Waals surface area contributed by atoms with Crippen LogP contribution < -0.4 is 5.32 Å². The molecule has 1 unspecified atom stereocenters. The summed E-state index contributed by atoms with van der Waals surface area (Å²) in [4.78, 5) is 19.5. The van der Waals surface area contributed by atoms with E-state index in [1.54, 1.807) is 0 Å². The van der Waals surface area contributed by atoms with E-state index in [0.717, 1.165) is 84.6 Å². The number of hydrogen-bond acceptors (Lipinski definition) is 5. The van der Waals surface area contributed by atoms with Crippen LogP contribution in [0.2, 0.25) is 0 Å². The first kappa shape index (κ1) is 28.5. The van der Waals surface area contributed by atoms with Crippen LogP contribution in [0.25, 0.3) is 77.1 Å². The Balaban J connectivity index is 1.05. The van der Waals surface area contributed by atoms with E-state index in [1.165, 1.54) is 22.2 Å². The van der Waals surface area contributed by atoms with Crippen molar-refractivity contribution in [1.82, 2.24) is 19.9 Å². The molecule has 1 aliphatic rings. The lowest BCUT2D eigenvalue weighted by Gasteiger charge is -2.29. The van der Waals surface area contributed by atoms with Gasteiger partial charge in [-0.05, 0) is 108 Å². The van der Waals surface area contributed by atoms with Crippen molar-refractivity contribution < 1.29 is 0 Å². The molecular weight excluding hydrogens is 611 g/mol. The van der Waals surface area contributed by atoms with Crippen LogP contribution in [0.4, 0.5) is 5.69 Å². The minimum atomic E-state index is 0.170. The highest BCUT2D eigenvalue weighted by Gasteiger charge is 2.24. The molecule has 0 saturated carbocycles. The smallest absolute Gasteiger partial charge is 0.0784 e. The zero-order valence-corrected chi connectivity index (χ0v) is 27.1. The molecule has 0 fully saturated rings. The highest BCUT2D eigenvalue weighted by Crippen LogP contribution is 2.41. The zero-order chi connectivity index (χ0) is 33.0. The fourth-order valence-electron chi connectivity index (χ4n) is 7.48. The van der Waals surface area contributed by atoms with Gasteiger partial charge in [0.15, 0.2) is 0 Å². The van der Waals surface area contributed by atoms with Crippen molar-refractivity contribution in [3.8, 4) is 33.8 Å². The van der Waals surface area contributed by atoms with E-state index in [1.807, 2.05) is 36.8 Å². The molecule has 0 spiro atoms. The third-order valence-electron chi connectivity index (χ3n) is 10.1. The molecule has 9 aromatic rings. The number of aromatic nitrogens is 4. The van der Waals surface area contributed by atoms with Crippen molar-refractivity contribution in [1.29, 1.82) is 0 Å². The number of anilines is 1. The van der Waals surface area contributed by atoms with Gasteiger partial charge in [-0.1, -0.05) is 60.7 Å². The number of pyridine rings is 4. The molecule has 1 aliphatic heterocycles. The number of rotatable bonds is 4. The Morgan fingerprint density at radius 1 is 0.640 bits per heavy atom. The molecule has 0 saturated heterocycles. The van der Waals surface area contributed by atoms with Crippen LogP contribution in [0.1, 0.15) is 23.6 Å². The minimum absolute atomic E-state index is 0.170. The SMILES string of the molecule is [c]1ccc2nc(-c3ccc4ccc(-c5ccc6c(-c7cc8cnccc8cc7C7CCc8ccccc8N7)nccc6c5)nc4c3)ccc2c1. The van der Waals surface area contributed by atoms with Crippen molar-refractivity contribution in [3.05, 3.63) is 163 Å². The number of benzene rings is 5. The van der Waals surface area contributed by atoms with Crippen LogP contribution in [0.15, 0.2) is 146 Å². The molecule has 5 aromatic carbocycles. The van der Waals surface area contributed by atoms with Gasteiger partial charge in [0, 0.05) is 62.5 Å². The molecule has 1 atom stereocenters. The molecule has 235 valence electrons. The fraction of sp³-hybridized carbons (Fsp3) is 0.0667. The van der Waals surface area contributed by atoms with Crippen molar-refractivity contribution in [2.24, 2.45) is 0 Å². The van der Waals surface area contributed by atoms with Crippen molar-refractivity contribution in [2.75, 3.05) is 5.32 Å². The summed E-state index contributed by atoms with van der Waals surface area (Å²) < 4.78 is 0. The van der Waals surface area contributed by atoms with Gasteiger partial charge in [-0.25, -0.2) is 9.97 Å².